The largest absolute Gasteiger partial charge is 0.394 e. The van der Waals surface area contributed by atoms with Crippen molar-refractivity contribution >= 4 is 5.91 Å². The van der Waals surface area contributed by atoms with Crippen LogP contribution in [0, 0.1) is 6.92 Å². The number of nitrogens with zero attached hydrogens (tertiary/aromatic N) is 3. The molecule has 0 spiro atoms. The van der Waals surface area contributed by atoms with Gasteiger partial charge < -0.3 is 14.9 Å². The summed E-state index contributed by atoms with van der Waals surface area (Å²) in [5.74, 6) is 0.132. The van der Waals surface area contributed by atoms with Gasteiger partial charge in [-0.2, -0.15) is 5.10 Å². The van der Waals surface area contributed by atoms with Crippen molar-refractivity contribution in [3.8, 4) is 0 Å². The number of aromatic nitrogens is 3. The molecule has 0 aliphatic rings. The minimum Gasteiger partial charge on any atom is -0.394 e. The molecule has 0 unspecified atom stereocenters. The molecule has 1 amide bonds. The summed E-state index contributed by atoms with van der Waals surface area (Å²) in [6.45, 7) is 2.14. The van der Waals surface area contributed by atoms with Crippen LogP contribution < -0.4 is 5.32 Å². The van der Waals surface area contributed by atoms with E-state index in [-0.39, 0.29) is 12.3 Å². The molecule has 0 bridgehead atoms. The second kappa shape index (κ2) is 7.10. The first-order chi connectivity index (χ1) is 11.7. The molecule has 0 fully saturated rings. The van der Waals surface area contributed by atoms with Gasteiger partial charge in [0.25, 0.3) is 5.91 Å². The van der Waals surface area contributed by atoms with Gasteiger partial charge in [0, 0.05) is 12.3 Å². The summed E-state index contributed by atoms with van der Waals surface area (Å²) in [7, 11) is 0. The highest BCUT2D eigenvalue weighted by Gasteiger charge is 2.18. The Kier molecular flexibility index (Phi) is 4.72. The van der Waals surface area contributed by atoms with Gasteiger partial charge in [-0.15, -0.1) is 0 Å². The summed E-state index contributed by atoms with van der Waals surface area (Å²) in [5, 5.41) is 20.2. The van der Waals surface area contributed by atoms with E-state index in [0.29, 0.717) is 12.3 Å². The number of carbonyl (C=O) groups excluding carboxylic acids is 1. The molecular formula is C17H18N4O3. The average molecular weight is 326 g/mol. The van der Waals surface area contributed by atoms with Crippen molar-refractivity contribution in [2.45, 2.75) is 19.5 Å². The van der Waals surface area contributed by atoms with Crippen LogP contribution in [-0.4, -0.2) is 32.6 Å². The Morgan fingerprint density at radius 2 is 2.17 bits per heavy atom. The first-order valence-corrected chi connectivity index (χ1v) is 7.57. The zero-order valence-corrected chi connectivity index (χ0v) is 13.2. The normalized spacial score (nSPS) is 12.1. The van der Waals surface area contributed by atoms with E-state index < -0.39 is 11.9 Å². The van der Waals surface area contributed by atoms with Crippen LogP contribution in [0.1, 0.15) is 33.4 Å². The first kappa shape index (κ1) is 15.9. The van der Waals surface area contributed by atoms with Gasteiger partial charge in [0.2, 0.25) is 0 Å². The number of amides is 1. The SMILES string of the molecule is Cc1cnn(Cc2cc(C(=O)N[C@H](CO)c3ccccc3)no2)c1. The number of nitrogens with one attached hydrogen (secondary N) is 1. The summed E-state index contributed by atoms with van der Waals surface area (Å²) in [6, 6.07) is 10.3. The molecule has 0 saturated carbocycles. The quantitative estimate of drug-likeness (QED) is 0.719. The highest BCUT2D eigenvalue weighted by Crippen LogP contribution is 2.13. The van der Waals surface area contributed by atoms with Crippen molar-refractivity contribution in [1.82, 2.24) is 20.3 Å². The predicted molar refractivity (Wildman–Crippen MR) is 86.3 cm³/mol. The topological polar surface area (TPSA) is 93.2 Å². The van der Waals surface area contributed by atoms with Crippen molar-refractivity contribution in [3.05, 3.63) is 71.4 Å². The third-order valence-corrected chi connectivity index (χ3v) is 3.56. The van der Waals surface area contributed by atoms with Crippen LogP contribution in [0.15, 0.2) is 53.3 Å². The van der Waals surface area contributed by atoms with E-state index >= 15 is 0 Å². The van der Waals surface area contributed by atoms with Gasteiger partial charge in [0.15, 0.2) is 11.5 Å². The molecule has 2 heterocycles. The number of aryl methyl sites for hydroxylation is 1. The van der Waals surface area contributed by atoms with Crippen molar-refractivity contribution in [2.24, 2.45) is 0 Å². The van der Waals surface area contributed by atoms with Gasteiger partial charge in [-0.25, -0.2) is 0 Å². The fourth-order valence-corrected chi connectivity index (χ4v) is 2.36. The standard InChI is InChI=1S/C17H18N4O3/c1-12-8-18-21(9-12)10-14-7-15(20-24-14)17(23)19-16(11-22)13-5-3-2-4-6-13/h2-9,16,22H,10-11H2,1H3,(H,19,23)/t16-/m1/s1. The molecule has 3 rings (SSSR count). The van der Waals surface area contributed by atoms with Crippen LogP contribution in [0.5, 0.6) is 0 Å². The summed E-state index contributed by atoms with van der Waals surface area (Å²) >= 11 is 0. The van der Waals surface area contributed by atoms with Crippen LogP contribution in [0.3, 0.4) is 0 Å². The Bertz CT molecular complexity index is 810. The van der Waals surface area contributed by atoms with Gasteiger partial charge in [-0.1, -0.05) is 35.5 Å². The molecular weight excluding hydrogens is 308 g/mol. The number of hydrogen-bond donors (Lipinski definition) is 2. The maximum atomic E-state index is 12.3. The summed E-state index contributed by atoms with van der Waals surface area (Å²) in [5.41, 5.74) is 2.04. The molecule has 2 aromatic heterocycles. The molecule has 24 heavy (non-hydrogen) atoms. The van der Waals surface area contributed by atoms with E-state index in [9.17, 15) is 9.90 Å². The number of hydrogen-bond acceptors (Lipinski definition) is 5. The lowest BCUT2D eigenvalue weighted by Gasteiger charge is -2.15. The maximum absolute atomic E-state index is 12.3. The Morgan fingerprint density at radius 3 is 2.83 bits per heavy atom. The second-order valence-corrected chi connectivity index (χ2v) is 5.51. The lowest BCUT2D eigenvalue weighted by Crippen LogP contribution is -2.30. The first-order valence-electron chi connectivity index (χ1n) is 7.57. The third kappa shape index (κ3) is 3.69. The Morgan fingerprint density at radius 1 is 1.38 bits per heavy atom. The fourth-order valence-electron chi connectivity index (χ4n) is 2.36. The van der Waals surface area contributed by atoms with E-state index in [1.165, 1.54) is 0 Å². The Labute approximate surface area is 138 Å². The molecule has 3 aromatic rings. The minimum absolute atomic E-state index is 0.170. The molecule has 7 heteroatoms. The lowest BCUT2D eigenvalue weighted by molar-refractivity contribution is 0.0907. The van der Waals surface area contributed by atoms with Gasteiger partial charge >= 0.3 is 0 Å². The molecule has 1 atom stereocenters. The highest BCUT2D eigenvalue weighted by molar-refractivity contribution is 5.92. The maximum Gasteiger partial charge on any atom is 0.274 e. The van der Waals surface area contributed by atoms with Crippen LogP contribution in [0.2, 0.25) is 0 Å². The molecule has 7 nitrogen and oxygen atoms in total. The zero-order chi connectivity index (χ0) is 16.9. The van der Waals surface area contributed by atoms with E-state index in [1.807, 2.05) is 43.5 Å². The third-order valence-electron chi connectivity index (χ3n) is 3.56. The monoisotopic (exact) mass is 326 g/mol. The Hall–Kier alpha value is -2.93. The van der Waals surface area contributed by atoms with Crippen LogP contribution in [-0.2, 0) is 6.54 Å². The molecule has 124 valence electrons. The van der Waals surface area contributed by atoms with E-state index in [4.69, 9.17) is 4.52 Å². The number of aliphatic hydroxyl groups excluding tert-OH is 1. The number of benzene rings is 1. The van der Waals surface area contributed by atoms with E-state index in [0.717, 1.165) is 11.1 Å². The minimum atomic E-state index is -0.493. The van der Waals surface area contributed by atoms with Gasteiger partial charge in [0.05, 0.1) is 18.8 Å². The summed E-state index contributed by atoms with van der Waals surface area (Å²) < 4.78 is 6.89. The molecule has 2 N–H and O–H groups in total. The highest BCUT2D eigenvalue weighted by atomic mass is 16.5. The smallest absolute Gasteiger partial charge is 0.274 e. The number of aliphatic hydroxyl groups is 1. The molecule has 0 aliphatic carbocycles. The second-order valence-electron chi connectivity index (χ2n) is 5.51. The molecule has 0 saturated heterocycles. The predicted octanol–water partition coefficient (Wildman–Crippen LogP) is 1.69. The van der Waals surface area contributed by atoms with Crippen molar-refractivity contribution in [1.29, 1.82) is 0 Å². The van der Waals surface area contributed by atoms with E-state index in [1.54, 1.807) is 16.9 Å². The van der Waals surface area contributed by atoms with Crippen LogP contribution in [0.4, 0.5) is 0 Å². The lowest BCUT2D eigenvalue weighted by atomic mass is 10.1. The zero-order valence-electron chi connectivity index (χ0n) is 13.2. The molecule has 1 aromatic carbocycles. The number of rotatable bonds is 6. The summed E-state index contributed by atoms with van der Waals surface area (Å²) in [6.07, 6.45) is 3.62. The number of carbonyl (C=O) groups is 1. The molecule has 0 radical (unpaired) electrons. The van der Waals surface area contributed by atoms with Crippen molar-refractivity contribution in [3.63, 3.8) is 0 Å². The van der Waals surface area contributed by atoms with Crippen LogP contribution in [0.25, 0.3) is 0 Å². The van der Waals surface area contributed by atoms with E-state index in [2.05, 4.69) is 15.6 Å². The van der Waals surface area contributed by atoms with Gasteiger partial charge in [-0.3, -0.25) is 9.48 Å². The summed E-state index contributed by atoms with van der Waals surface area (Å²) in [4.78, 5) is 12.3. The van der Waals surface area contributed by atoms with Crippen molar-refractivity contribution in [2.75, 3.05) is 6.61 Å². The molecule has 0 aliphatic heterocycles. The van der Waals surface area contributed by atoms with Gasteiger partial charge in [0.1, 0.15) is 6.54 Å². The fraction of sp³-hybridized carbons (Fsp3) is 0.235. The van der Waals surface area contributed by atoms with Gasteiger partial charge in [-0.05, 0) is 18.1 Å². The van der Waals surface area contributed by atoms with Crippen LogP contribution >= 0.6 is 0 Å². The average Bonchev–Trinajstić information content (AvgIpc) is 3.23. The van der Waals surface area contributed by atoms with Crippen molar-refractivity contribution < 1.29 is 14.4 Å². The Balaban J connectivity index is 1.67.